The predicted octanol–water partition coefficient (Wildman–Crippen LogP) is 4.98. The van der Waals surface area contributed by atoms with Crippen LogP contribution in [0.25, 0.3) is 11.0 Å². The van der Waals surface area contributed by atoms with Crippen molar-refractivity contribution in [2.75, 3.05) is 7.11 Å². The smallest absolute Gasteiger partial charge is 0.417 e. The number of carbonyl (C=O) groups excluding carboxylic acids is 1. The van der Waals surface area contributed by atoms with Crippen LogP contribution < -0.4 is 14.8 Å². The summed E-state index contributed by atoms with van der Waals surface area (Å²) in [7, 11) is 1.54. The Balaban J connectivity index is 1.30. The molecule has 31 heavy (non-hydrogen) atoms. The highest BCUT2D eigenvalue weighted by Crippen LogP contribution is 2.31. The number of halogens is 3. The Morgan fingerprint density at radius 3 is 2.58 bits per heavy atom. The number of fused-ring (bicyclic) bond motifs is 1. The molecule has 4 rings (SSSR count). The quantitative estimate of drug-likeness (QED) is 0.614. The van der Waals surface area contributed by atoms with E-state index in [1.807, 2.05) is 12.1 Å². The summed E-state index contributed by atoms with van der Waals surface area (Å²) in [6.07, 6.45) is -1.14. The summed E-state index contributed by atoms with van der Waals surface area (Å²) in [4.78, 5) is 16.3. The second-order valence-electron chi connectivity index (χ2n) is 7.44. The molecule has 2 aromatic heterocycles. The molecule has 164 valence electrons. The molecule has 1 aromatic carbocycles. The van der Waals surface area contributed by atoms with Gasteiger partial charge in [0.2, 0.25) is 5.88 Å². The zero-order valence-corrected chi connectivity index (χ0v) is 16.7. The van der Waals surface area contributed by atoms with Gasteiger partial charge in [0.1, 0.15) is 6.10 Å². The van der Waals surface area contributed by atoms with E-state index in [1.165, 1.54) is 13.2 Å². The van der Waals surface area contributed by atoms with Crippen molar-refractivity contribution < 1.29 is 31.9 Å². The van der Waals surface area contributed by atoms with Crippen molar-refractivity contribution in [2.45, 2.75) is 44.0 Å². The first-order valence-corrected chi connectivity index (χ1v) is 9.91. The minimum atomic E-state index is -4.42. The van der Waals surface area contributed by atoms with E-state index in [9.17, 15) is 18.0 Å². The molecule has 1 aliphatic rings. The molecule has 0 bridgehead atoms. The van der Waals surface area contributed by atoms with Crippen molar-refractivity contribution in [3.8, 4) is 11.6 Å². The number of para-hydroxylation sites is 1. The predicted molar refractivity (Wildman–Crippen MR) is 106 cm³/mol. The van der Waals surface area contributed by atoms with Crippen LogP contribution in [0, 0.1) is 0 Å². The fourth-order valence-corrected chi connectivity index (χ4v) is 3.68. The highest BCUT2D eigenvalue weighted by molar-refractivity contribution is 5.97. The molecule has 0 aliphatic heterocycles. The summed E-state index contributed by atoms with van der Waals surface area (Å²) in [5.74, 6) is 0.640. The fraction of sp³-hybridized carbons (Fsp3) is 0.364. The van der Waals surface area contributed by atoms with Gasteiger partial charge in [-0.3, -0.25) is 4.79 Å². The minimum Gasteiger partial charge on any atom is -0.493 e. The van der Waals surface area contributed by atoms with Crippen LogP contribution in [0.3, 0.4) is 0 Å². The van der Waals surface area contributed by atoms with Crippen LogP contribution in [-0.4, -0.2) is 30.1 Å². The van der Waals surface area contributed by atoms with Crippen LogP contribution in [0.4, 0.5) is 13.2 Å². The zero-order chi connectivity index (χ0) is 22.0. The van der Waals surface area contributed by atoms with E-state index in [-0.39, 0.29) is 29.7 Å². The first-order valence-electron chi connectivity index (χ1n) is 9.91. The van der Waals surface area contributed by atoms with E-state index in [1.54, 1.807) is 12.1 Å². The molecular weight excluding hydrogens is 413 g/mol. The van der Waals surface area contributed by atoms with Gasteiger partial charge in [-0.2, -0.15) is 13.2 Å². The van der Waals surface area contributed by atoms with Gasteiger partial charge in [-0.05, 0) is 43.9 Å². The van der Waals surface area contributed by atoms with Gasteiger partial charge in [0.25, 0.3) is 5.91 Å². The van der Waals surface area contributed by atoms with Gasteiger partial charge in [-0.25, -0.2) is 4.98 Å². The molecule has 0 saturated heterocycles. The maximum Gasteiger partial charge on any atom is 0.417 e. The molecule has 9 heteroatoms. The van der Waals surface area contributed by atoms with Gasteiger partial charge >= 0.3 is 6.18 Å². The summed E-state index contributed by atoms with van der Waals surface area (Å²) >= 11 is 0. The van der Waals surface area contributed by atoms with Crippen LogP contribution >= 0.6 is 0 Å². The Labute approximate surface area is 176 Å². The van der Waals surface area contributed by atoms with Gasteiger partial charge in [-0.1, -0.05) is 12.1 Å². The van der Waals surface area contributed by atoms with Gasteiger partial charge in [0, 0.05) is 23.7 Å². The van der Waals surface area contributed by atoms with Crippen molar-refractivity contribution in [1.29, 1.82) is 0 Å². The number of aromatic nitrogens is 1. The highest BCUT2D eigenvalue weighted by Gasteiger charge is 2.31. The molecule has 6 nitrogen and oxygen atoms in total. The van der Waals surface area contributed by atoms with Crippen LogP contribution in [0.2, 0.25) is 0 Å². The largest absolute Gasteiger partial charge is 0.493 e. The molecule has 0 radical (unpaired) electrons. The van der Waals surface area contributed by atoms with E-state index in [0.29, 0.717) is 37.0 Å². The number of hydrogen-bond donors (Lipinski definition) is 1. The number of pyridine rings is 1. The van der Waals surface area contributed by atoms with Crippen molar-refractivity contribution in [1.82, 2.24) is 10.3 Å². The van der Waals surface area contributed by atoms with E-state index >= 15 is 0 Å². The summed E-state index contributed by atoms with van der Waals surface area (Å²) in [5, 5.41) is 3.76. The van der Waals surface area contributed by atoms with E-state index in [4.69, 9.17) is 13.9 Å². The molecule has 0 spiro atoms. The first-order chi connectivity index (χ1) is 14.8. The molecule has 1 amide bonds. The number of amides is 1. The summed E-state index contributed by atoms with van der Waals surface area (Å²) in [6.45, 7) is 0. The van der Waals surface area contributed by atoms with Gasteiger partial charge in [0.15, 0.2) is 17.1 Å². The number of ether oxygens (including phenoxy) is 2. The molecule has 1 fully saturated rings. The maximum atomic E-state index is 12.6. The van der Waals surface area contributed by atoms with Crippen molar-refractivity contribution in [3.05, 3.63) is 53.9 Å². The third-order valence-corrected chi connectivity index (χ3v) is 5.31. The lowest BCUT2D eigenvalue weighted by Gasteiger charge is -2.29. The van der Waals surface area contributed by atoms with Crippen molar-refractivity contribution in [3.63, 3.8) is 0 Å². The topological polar surface area (TPSA) is 73.6 Å². The fourth-order valence-electron chi connectivity index (χ4n) is 3.68. The van der Waals surface area contributed by atoms with Gasteiger partial charge < -0.3 is 19.2 Å². The van der Waals surface area contributed by atoms with Gasteiger partial charge in [0.05, 0.1) is 12.7 Å². The number of nitrogens with zero attached hydrogens (tertiary/aromatic N) is 1. The Morgan fingerprint density at radius 2 is 1.94 bits per heavy atom. The molecule has 1 saturated carbocycles. The van der Waals surface area contributed by atoms with Crippen LogP contribution in [0.1, 0.15) is 41.8 Å². The lowest BCUT2D eigenvalue weighted by Crippen LogP contribution is -2.39. The van der Waals surface area contributed by atoms with Crippen molar-refractivity contribution >= 4 is 16.9 Å². The molecule has 0 unspecified atom stereocenters. The highest BCUT2D eigenvalue weighted by atomic mass is 19.4. The van der Waals surface area contributed by atoms with Crippen LogP contribution in [-0.2, 0) is 6.18 Å². The number of nitrogens with one attached hydrogen (secondary N) is 1. The number of hydrogen-bond acceptors (Lipinski definition) is 5. The molecule has 1 aliphatic carbocycles. The molecule has 0 atom stereocenters. The maximum absolute atomic E-state index is 12.6. The number of alkyl halides is 3. The Bertz CT molecular complexity index is 1050. The third-order valence-electron chi connectivity index (χ3n) is 5.31. The number of rotatable bonds is 5. The van der Waals surface area contributed by atoms with Crippen LogP contribution in [0.15, 0.2) is 47.0 Å². The number of carbonyl (C=O) groups is 1. The average molecular weight is 434 g/mol. The number of benzene rings is 1. The Hall–Kier alpha value is -3.23. The monoisotopic (exact) mass is 434 g/mol. The standard InChI is InChI=1S/C22H21F3N2O4/c1-29-17-4-2-3-13-11-18(31-20(13)17)21(28)27-15-6-8-16(9-7-15)30-19-10-5-14(12-26-19)22(23,24)25/h2-5,10-12,15-16H,6-9H2,1H3,(H,27,28). The molecular formula is C22H21F3N2O4. The van der Waals surface area contributed by atoms with Crippen molar-refractivity contribution in [2.24, 2.45) is 0 Å². The first kappa shape index (κ1) is 21.0. The van der Waals surface area contributed by atoms with Gasteiger partial charge in [-0.15, -0.1) is 0 Å². The van der Waals surface area contributed by atoms with E-state index in [2.05, 4.69) is 10.3 Å². The summed E-state index contributed by atoms with van der Waals surface area (Å²) in [5.41, 5.74) is -0.286. The zero-order valence-electron chi connectivity index (χ0n) is 16.7. The number of furan rings is 1. The lowest BCUT2D eigenvalue weighted by atomic mass is 9.93. The Kier molecular flexibility index (Phi) is 5.75. The molecule has 2 heterocycles. The summed E-state index contributed by atoms with van der Waals surface area (Å²) in [6, 6.07) is 9.26. The number of methoxy groups -OCH3 is 1. The van der Waals surface area contributed by atoms with E-state index < -0.39 is 11.7 Å². The normalized spacial score (nSPS) is 19.2. The SMILES string of the molecule is COc1cccc2cc(C(=O)NC3CCC(Oc4ccc(C(F)(F)F)cn4)CC3)oc12. The average Bonchev–Trinajstić information content (AvgIpc) is 3.19. The second kappa shape index (κ2) is 8.49. The second-order valence-corrected chi connectivity index (χ2v) is 7.44. The van der Waals surface area contributed by atoms with Crippen LogP contribution in [0.5, 0.6) is 11.6 Å². The molecule has 1 N–H and O–H groups in total. The minimum absolute atomic E-state index is 0.0389. The Morgan fingerprint density at radius 1 is 1.16 bits per heavy atom. The summed E-state index contributed by atoms with van der Waals surface area (Å²) < 4.78 is 54.5. The lowest BCUT2D eigenvalue weighted by molar-refractivity contribution is -0.137. The third kappa shape index (κ3) is 4.76. The van der Waals surface area contributed by atoms with E-state index in [0.717, 1.165) is 17.6 Å². The molecule has 3 aromatic rings.